The fourth-order valence-electron chi connectivity index (χ4n) is 2.79. The van der Waals surface area contributed by atoms with E-state index in [-0.39, 0.29) is 56.3 Å². The molecule has 0 saturated heterocycles. The quantitative estimate of drug-likeness (QED) is 0.410. The molecule has 2 aromatic rings. The first kappa shape index (κ1) is 21.3. The Labute approximate surface area is 182 Å². The minimum Gasteiger partial charge on any atom is -0.744 e. The van der Waals surface area contributed by atoms with Gasteiger partial charge in [0.25, 0.3) is 0 Å². The van der Waals surface area contributed by atoms with E-state index in [0.717, 1.165) is 23.6 Å². The summed E-state index contributed by atoms with van der Waals surface area (Å²) in [6.07, 6.45) is 7.49. The van der Waals surface area contributed by atoms with Crippen molar-refractivity contribution in [2.45, 2.75) is 56.8 Å². The van der Waals surface area contributed by atoms with Gasteiger partial charge in [0.2, 0.25) is 0 Å². The Morgan fingerprint density at radius 3 is 2.09 bits per heavy atom. The molecule has 0 aliphatic rings. The van der Waals surface area contributed by atoms with E-state index in [1.54, 1.807) is 0 Å². The van der Waals surface area contributed by atoms with Gasteiger partial charge in [0.15, 0.2) is 0 Å². The smallest absolute Gasteiger partial charge is 0.744 e. The standard InChI is InChI=1S/C18H24O3S.K/c1-2-3-4-5-6-7-12-17-13-15-10-8-9-11-16(15)14-18(17)22(19,20)21;/h8-11,13-14H,2-7,12H2,1H3,(H,19,20,21);/q;+1/p-1. The Balaban J connectivity index is 0.00000264. The van der Waals surface area contributed by atoms with E-state index in [0.29, 0.717) is 12.0 Å². The minimum absolute atomic E-state index is 0. The van der Waals surface area contributed by atoms with Gasteiger partial charge in [-0.15, -0.1) is 0 Å². The van der Waals surface area contributed by atoms with Crippen LogP contribution >= 0.6 is 0 Å². The zero-order chi connectivity index (χ0) is 16.0. The molecule has 0 aromatic heterocycles. The van der Waals surface area contributed by atoms with Crippen LogP contribution in [0.25, 0.3) is 10.8 Å². The van der Waals surface area contributed by atoms with Crippen LogP contribution in [0.4, 0.5) is 0 Å². The van der Waals surface area contributed by atoms with Gasteiger partial charge in [0.1, 0.15) is 10.1 Å². The van der Waals surface area contributed by atoms with Gasteiger partial charge in [-0.3, -0.25) is 0 Å². The molecule has 0 spiro atoms. The maximum atomic E-state index is 11.5. The van der Waals surface area contributed by atoms with E-state index in [2.05, 4.69) is 6.92 Å². The molecule has 0 fully saturated rings. The van der Waals surface area contributed by atoms with Gasteiger partial charge in [-0.2, -0.15) is 0 Å². The van der Waals surface area contributed by atoms with Gasteiger partial charge in [0, 0.05) is 0 Å². The van der Waals surface area contributed by atoms with Gasteiger partial charge in [-0.1, -0.05) is 63.3 Å². The third kappa shape index (κ3) is 6.57. The second kappa shape index (κ2) is 10.3. The first-order valence-corrected chi connectivity index (χ1v) is 9.41. The largest absolute Gasteiger partial charge is 1.00 e. The summed E-state index contributed by atoms with van der Waals surface area (Å²) in [5.41, 5.74) is 0.657. The van der Waals surface area contributed by atoms with Gasteiger partial charge in [-0.05, 0) is 41.3 Å². The number of aryl methyl sites for hydroxylation is 1. The van der Waals surface area contributed by atoms with Crippen molar-refractivity contribution in [1.29, 1.82) is 0 Å². The first-order valence-electron chi connectivity index (χ1n) is 8.00. The molecule has 120 valence electrons. The summed E-state index contributed by atoms with van der Waals surface area (Å²) in [7, 11) is -4.43. The summed E-state index contributed by atoms with van der Waals surface area (Å²) in [4.78, 5) is -0.0558. The van der Waals surface area contributed by atoms with Gasteiger partial charge in [-0.25, -0.2) is 8.42 Å². The average Bonchev–Trinajstić information content (AvgIpc) is 2.49. The summed E-state index contributed by atoms with van der Waals surface area (Å²) in [5.74, 6) is 0. The topological polar surface area (TPSA) is 57.2 Å². The third-order valence-corrected chi connectivity index (χ3v) is 4.92. The number of hydrogen-bond acceptors (Lipinski definition) is 3. The molecule has 0 aliphatic heterocycles. The fourth-order valence-corrected chi connectivity index (χ4v) is 3.54. The van der Waals surface area contributed by atoms with E-state index in [9.17, 15) is 13.0 Å². The Morgan fingerprint density at radius 2 is 1.48 bits per heavy atom. The molecule has 0 aliphatic carbocycles. The molecule has 3 nitrogen and oxygen atoms in total. The number of benzene rings is 2. The SMILES string of the molecule is CCCCCCCCc1cc2ccccc2cc1S(=O)(=O)[O-].[K+]. The Kier molecular flexibility index (Phi) is 9.52. The van der Waals surface area contributed by atoms with Crippen LogP contribution in [0.2, 0.25) is 0 Å². The Bertz CT molecular complexity index is 726. The summed E-state index contributed by atoms with van der Waals surface area (Å²) < 4.78 is 34.5. The zero-order valence-electron chi connectivity index (χ0n) is 14.0. The van der Waals surface area contributed by atoms with Crippen LogP contribution in [0.5, 0.6) is 0 Å². The number of rotatable bonds is 8. The molecule has 23 heavy (non-hydrogen) atoms. The molecule has 2 aromatic carbocycles. The molecule has 0 N–H and O–H groups in total. The monoisotopic (exact) mass is 358 g/mol. The summed E-state index contributed by atoms with van der Waals surface area (Å²) in [5, 5.41) is 1.78. The summed E-state index contributed by atoms with van der Waals surface area (Å²) in [6, 6.07) is 10.9. The normalized spacial score (nSPS) is 11.4. The molecule has 0 bridgehead atoms. The van der Waals surface area contributed by atoms with Crippen molar-refractivity contribution in [1.82, 2.24) is 0 Å². The van der Waals surface area contributed by atoms with E-state index < -0.39 is 10.1 Å². The molecule has 5 heteroatoms. The van der Waals surface area contributed by atoms with E-state index >= 15 is 0 Å². The molecular formula is C18H23KO3S. The first-order chi connectivity index (χ1) is 10.5. The third-order valence-electron chi connectivity index (χ3n) is 4.00. The van der Waals surface area contributed by atoms with Crippen LogP contribution in [-0.4, -0.2) is 13.0 Å². The van der Waals surface area contributed by atoms with Crippen LogP contribution in [0, 0.1) is 0 Å². The number of fused-ring (bicyclic) bond motifs is 1. The molecule has 2 rings (SSSR count). The molecule has 0 saturated carbocycles. The maximum Gasteiger partial charge on any atom is 1.00 e. The molecule has 0 heterocycles. The van der Waals surface area contributed by atoms with Gasteiger partial charge in [0.05, 0.1) is 4.90 Å². The van der Waals surface area contributed by atoms with E-state index in [1.807, 2.05) is 30.3 Å². The van der Waals surface area contributed by atoms with Gasteiger partial charge >= 0.3 is 51.4 Å². The van der Waals surface area contributed by atoms with Crippen LogP contribution < -0.4 is 51.4 Å². The van der Waals surface area contributed by atoms with Crippen LogP contribution in [0.15, 0.2) is 41.3 Å². The Hall–Kier alpha value is 0.246. The molecule has 0 amide bonds. The predicted octanol–water partition coefficient (Wildman–Crippen LogP) is 1.65. The van der Waals surface area contributed by atoms with Crippen molar-refractivity contribution < 1.29 is 64.4 Å². The molecule has 0 atom stereocenters. The van der Waals surface area contributed by atoms with Crippen molar-refractivity contribution >= 4 is 20.9 Å². The molecule has 0 radical (unpaired) electrons. The van der Waals surface area contributed by atoms with Crippen molar-refractivity contribution in [3.05, 3.63) is 42.0 Å². The zero-order valence-corrected chi connectivity index (χ0v) is 18.0. The average molecular weight is 359 g/mol. The van der Waals surface area contributed by atoms with Crippen LogP contribution in [0.1, 0.15) is 51.0 Å². The second-order valence-corrected chi connectivity index (χ2v) is 7.13. The van der Waals surface area contributed by atoms with Crippen molar-refractivity contribution in [2.75, 3.05) is 0 Å². The van der Waals surface area contributed by atoms with E-state index in [1.165, 1.54) is 31.7 Å². The van der Waals surface area contributed by atoms with Crippen molar-refractivity contribution in [3.63, 3.8) is 0 Å². The second-order valence-electron chi connectivity index (χ2n) is 5.78. The Morgan fingerprint density at radius 1 is 0.913 bits per heavy atom. The number of unbranched alkanes of at least 4 members (excludes halogenated alkanes) is 5. The summed E-state index contributed by atoms with van der Waals surface area (Å²) in [6.45, 7) is 2.18. The van der Waals surface area contributed by atoms with Crippen LogP contribution in [-0.2, 0) is 16.5 Å². The summed E-state index contributed by atoms with van der Waals surface area (Å²) >= 11 is 0. The minimum atomic E-state index is -4.43. The predicted molar refractivity (Wildman–Crippen MR) is 89.0 cm³/mol. The fraction of sp³-hybridized carbons (Fsp3) is 0.444. The molecule has 0 unspecified atom stereocenters. The molecular weight excluding hydrogens is 335 g/mol. The van der Waals surface area contributed by atoms with E-state index in [4.69, 9.17) is 0 Å². The van der Waals surface area contributed by atoms with Gasteiger partial charge < -0.3 is 4.55 Å². The van der Waals surface area contributed by atoms with Crippen LogP contribution in [0.3, 0.4) is 0 Å². The van der Waals surface area contributed by atoms with Crippen molar-refractivity contribution in [3.8, 4) is 0 Å². The van der Waals surface area contributed by atoms with Crippen molar-refractivity contribution in [2.24, 2.45) is 0 Å². The maximum absolute atomic E-state index is 11.5. The number of hydrogen-bond donors (Lipinski definition) is 0.